The number of carbonyl (C=O) groups is 1. The molecule has 0 aliphatic carbocycles. The highest BCUT2D eigenvalue weighted by Gasteiger charge is 2.26. The molecular weight excluding hydrogens is 300 g/mol. The molecule has 1 fully saturated rings. The van der Waals surface area contributed by atoms with Crippen LogP contribution in [0.2, 0.25) is 0 Å². The molecule has 0 saturated carbocycles. The fraction of sp³-hybridized carbons (Fsp3) is 0.474. The van der Waals surface area contributed by atoms with Crippen LogP contribution in [0.5, 0.6) is 0 Å². The Hall–Kier alpha value is -2.30. The fourth-order valence-corrected chi connectivity index (χ4v) is 3.34. The molecule has 2 amide bonds. The maximum Gasteiger partial charge on any atom is 0.317 e. The Labute approximate surface area is 143 Å². The van der Waals surface area contributed by atoms with Gasteiger partial charge in [0.2, 0.25) is 0 Å². The summed E-state index contributed by atoms with van der Waals surface area (Å²) in [4.78, 5) is 14.6. The number of rotatable bonds is 6. The van der Waals surface area contributed by atoms with Crippen LogP contribution in [0, 0.1) is 0 Å². The van der Waals surface area contributed by atoms with E-state index in [1.165, 1.54) is 12.0 Å². The monoisotopic (exact) mass is 326 g/mol. The summed E-state index contributed by atoms with van der Waals surface area (Å²) < 4.78 is 1.94. The number of likely N-dealkylation sites (tertiary alicyclic amines) is 1. The highest BCUT2D eigenvalue weighted by Crippen LogP contribution is 2.20. The molecule has 24 heavy (non-hydrogen) atoms. The lowest BCUT2D eigenvalue weighted by Crippen LogP contribution is -2.49. The SMILES string of the molecule is O=C(NCCc1ccccc1)N1CCCC[C@H]1CCn1cccn1. The number of nitrogens with one attached hydrogen (secondary N) is 1. The topological polar surface area (TPSA) is 50.2 Å². The maximum absolute atomic E-state index is 12.6. The Morgan fingerprint density at radius 3 is 2.88 bits per heavy atom. The number of urea groups is 1. The number of aromatic nitrogens is 2. The Morgan fingerprint density at radius 1 is 1.21 bits per heavy atom. The number of hydrogen-bond acceptors (Lipinski definition) is 2. The van der Waals surface area contributed by atoms with E-state index in [4.69, 9.17) is 0 Å². The molecule has 0 radical (unpaired) electrons. The van der Waals surface area contributed by atoms with E-state index in [9.17, 15) is 4.79 Å². The Morgan fingerprint density at radius 2 is 2.08 bits per heavy atom. The number of aryl methyl sites for hydroxylation is 1. The molecule has 1 aliphatic rings. The van der Waals surface area contributed by atoms with E-state index in [2.05, 4.69) is 22.5 Å². The summed E-state index contributed by atoms with van der Waals surface area (Å²) in [5.41, 5.74) is 1.26. The molecule has 2 heterocycles. The van der Waals surface area contributed by atoms with Crippen LogP contribution in [0.4, 0.5) is 4.79 Å². The van der Waals surface area contributed by atoms with Crippen LogP contribution in [0.1, 0.15) is 31.2 Å². The summed E-state index contributed by atoms with van der Waals surface area (Å²) in [7, 11) is 0. The van der Waals surface area contributed by atoms with Crippen molar-refractivity contribution >= 4 is 6.03 Å². The van der Waals surface area contributed by atoms with Crippen molar-refractivity contribution in [1.82, 2.24) is 20.0 Å². The van der Waals surface area contributed by atoms with Crippen molar-refractivity contribution < 1.29 is 4.79 Å². The summed E-state index contributed by atoms with van der Waals surface area (Å²) in [6, 6.07) is 12.6. The van der Waals surface area contributed by atoms with Crippen LogP contribution in [-0.4, -0.2) is 39.8 Å². The van der Waals surface area contributed by atoms with Crippen molar-refractivity contribution in [2.75, 3.05) is 13.1 Å². The van der Waals surface area contributed by atoms with Crippen molar-refractivity contribution in [1.29, 1.82) is 0 Å². The third-order valence-electron chi connectivity index (χ3n) is 4.67. The standard InChI is InChI=1S/C19H26N4O/c24-19(20-13-10-17-7-2-1-3-8-17)23-15-5-4-9-18(23)11-16-22-14-6-12-21-22/h1-3,6-8,12,14,18H,4-5,9-11,13,15-16H2,(H,20,24)/t18-/m0/s1. The van der Waals surface area contributed by atoms with Crippen molar-refractivity contribution in [2.24, 2.45) is 0 Å². The molecule has 0 spiro atoms. The van der Waals surface area contributed by atoms with Crippen LogP contribution in [-0.2, 0) is 13.0 Å². The van der Waals surface area contributed by atoms with Gasteiger partial charge >= 0.3 is 6.03 Å². The number of amides is 2. The second kappa shape index (κ2) is 8.52. The number of piperidine rings is 1. The zero-order valence-electron chi connectivity index (χ0n) is 14.1. The molecule has 1 aromatic heterocycles. The minimum absolute atomic E-state index is 0.0797. The van der Waals surface area contributed by atoms with Crippen LogP contribution >= 0.6 is 0 Å². The van der Waals surface area contributed by atoms with Gasteiger partial charge in [0.15, 0.2) is 0 Å². The lowest BCUT2D eigenvalue weighted by Gasteiger charge is -2.35. The molecule has 1 N–H and O–H groups in total. The van der Waals surface area contributed by atoms with Gasteiger partial charge in [-0.2, -0.15) is 5.10 Å². The summed E-state index contributed by atoms with van der Waals surface area (Å²) in [6.07, 6.45) is 9.02. The zero-order chi connectivity index (χ0) is 16.6. The fourth-order valence-electron chi connectivity index (χ4n) is 3.34. The van der Waals surface area contributed by atoms with Crippen molar-refractivity contribution in [2.45, 2.75) is 44.7 Å². The summed E-state index contributed by atoms with van der Waals surface area (Å²) in [5.74, 6) is 0. The molecule has 2 aromatic rings. The van der Waals surface area contributed by atoms with E-state index in [0.29, 0.717) is 12.6 Å². The van der Waals surface area contributed by atoms with Gasteiger partial charge < -0.3 is 10.2 Å². The van der Waals surface area contributed by atoms with Crippen LogP contribution < -0.4 is 5.32 Å². The summed E-state index contributed by atoms with van der Waals surface area (Å²) in [6.45, 7) is 2.41. The lowest BCUT2D eigenvalue weighted by atomic mass is 10.00. The second-order valence-electron chi connectivity index (χ2n) is 6.37. The molecule has 1 saturated heterocycles. The van der Waals surface area contributed by atoms with E-state index in [-0.39, 0.29) is 6.03 Å². The normalized spacial score (nSPS) is 17.7. The molecule has 5 heteroatoms. The first-order valence-electron chi connectivity index (χ1n) is 8.89. The van der Waals surface area contributed by atoms with Crippen LogP contribution in [0.25, 0.3) is 0 Å². The predicted octanol–water partition coefficient (Wildman–Crippen LogP) is 3.08. The molecule has 0 bridgehead atoms. The smallest absolute Gasteiger partial charge is 0.317 e. The molecule has 5 nitrogen and oxygen atoms in total. The van der Waals surface area contributed by atoms with Crippen molar-refractivity contribution in [3.8, 4) is 0 Å². The highest BCUT2D eigenvalue weighted by molar-refractivity contribution is 5.74. The molecule has 1 aromatic carbocycles. The molecule has 0 unspecified atom stereocenters. The molecule has 1 atom stereocenters. The van der Waals surface area contributed by atoms with Gasteiger partial charge in [-0.25, -0.2) is 4.79 Å². The van der Waals surface area contributed by atoms with E-state index >= 15 is 0 Å². The van der Waals surface area contributed by atoms with Gasteiger partial charge in [0, 0.05) is 38.1 Å². The quantitative estimate of drug-likeness (QED) is 0.887. The zero-order valence-corrected chi connectivity index (χ0v) is 14.1. The van der Waals surface area contributed by atoms with Crippen molar-refractivity contribution in [3.63, 3.8) is 0 Å². The average molecular weight is 326 g/mol. The number of carbonyl (C=O) groups excluding carboxylic acids is 1. The van der Waals surface area contributed by atoms with Crippen molar-refractivity contribution in [3.05, 3.63) is 54.4 Å². The first-order chi connectivity index (χ1) is 11.8. The summed E-state index contributed by atoms with van der Waals surface area (Å²) in [5, 5.41) is 7.34. The maximum atomic E-state index is 12.6. The van der Waals surface area contributed by atoms with Crippen LogP contribution in [0.15, 0.2) is 48.8 Å². The van der Waals surface area contributed by atoms with E-state index in [1.807, 2.05) is 40.0 Å². The van der Waals surface area contributed by atoms with Gasteiger partial charge in [0.25, 0.3) is 0 Å². The molecular formula is C19H26N4O. The Kier molecular flexibility index (Phi) is 5.88. The largest absolute Gasteiger partial charge is 0.338 e. The Bertz CT molecular complexity index is 612. The van der Waals surface area contributed by atoms with E-state index in [0.717, 1.165) is 38.8 Å². The number of benzene rings is 1. The minimum atomic E-state index is 0.0797. The van der Waals surface area contributed by atoms with Gasteiger partial charge in [0.1, 0.15) is 0 Å². The average Bonchev–Trinajstić information content (AvgIpc) is 3.14. The van der Waals surface area contributed by atoms with E-state index in [1.54, 1.807) is 6.20 Å². The van der Waals surface area contributed by atoms with Gasteiger partial charge in [-0.05, 0) is 43.7 Å². The van der Waals surface area contributed by atoms with Gasteiger partial charge in [-0.15, -0.1) is 0 Å². The predicted molar refractivity (Wildman–Crippen MR) is 94.7 cm³/mol. The lowest BCUT2D eigenvalue weighted by molar-refractivity contribution is 0.143. The summed E-state index contributed by atoms with van der Waals surface area (Å²) >= 11 is 0. The third kappa shape index (κ3) is 4.60. The highest BCUT2D eigenvalue weighted by atomic mass is 16.2. The first kappa shape index (κ1) is 16.6. The third-order valence-corrected chi connectivity index (χ3v) is 4.67. The molecule has 3 rings (SSSR count). The van der Waals surface area contributed by atoms with Gasteiger partial charge in [-0.1, -0.05) is 30.3 Å². The number of hydrogen-bond donors (Lipinski definition) is 1. The van der Waals surface area contributed by atoms with Gasteiger partial charge in [0.05, 0.1) is 0 Å². The second-order valence-corrected chi connectivity index (χ2v) is 6.37. The first-order valence-corrected chi connectivity index (χ1v) is 8.89. The van der Waals surface area contributed by atoms with Gasteiger partial charge in [-0.3, -0.25) is 4.68 Å². The van der Waals surface area contributed by atoms with E-state index < -0.39 is 0 Å². The van der Waals surface area contributed by atoms with Crippen LogP contribution in [0.3, 0.4) is 0 Å². The molecule has 1 aliphatic heterocycles. The number of nitrogens with zero attached hydrogens (tertiary/aromatic N) is 3. The minimum Gasteiger partial charge on any atom is -0.338 e. The molecule has 128 valence electrons. The Balaban J connectivity index is 1.47.